The third-order valence-electron chi connectivity index (χ3n) is 2.79. The number of benzene rings is 1. The van der Waals surface area contributed by atoms with E-state index in [0.717, 1.165) is 6.07 Å². The lowest BCUT2D eigenvalue weighted by Gasteiger charge is -2.02. The van der Waals surface area contributed by atoms with Gasteiger partial charge in [-0.25, -0.2) is 4.39 Å². The second-order valence-electron chi connectivity index (χ2n) is 4.30. The summed E-state index contributed by atoms with van der Waals surface area (Å²) in [6, 6.07) is 9.09. The van der Waals surface area contributed by atoms with Crippen molar-refractivity contribution in [3.8, 4) is 11.5 Å². The van der Waals surface area contributed by atoms with Crippen molar-refractivity contribution in [2.45, 2.75) is 0 Å². The standard InChI is InChI=1S/C14H9ClFN5O/c15-8-4-5-9(10(16)7-8)13(22)19-14-18-12(20-21-14)11-3-1-2-6-17-11/h1-7H,(H2,18,19,20,21,22). The number of pyridine rings is 1. The predicted molar refractivity (Wildman–Crippen MR) is 79.0 cm³/mol. The molecule has 2 N–H and O–H groups in total. The lowest BCUT2D eigenvalue weighted by atomic mass is 10.2. The number of anilines is 1. The number of hydrogen-bond donors (Lipinski definition) is 2. The lowest BCUT2D eigenvalue weighted by Crippen LogP contribution is -2.14. The number of nitrogens with one attached hydrogen (secondary N) is 2. The van der Waals surface area contributed by atoms with Gasteiger partial charge in [0.2, 0.25) is 5.95 Å². The maximum absolute atomic E-state index is 13.7. The highest BCUT2D eigenvalue weighted by Gasteiger charge is 2.15. The molecule has 0 radical (unpaired) electrons. The SMILES string of the molecule is O=C(Nc1n[nH]c(-c2ccccn2)n1)c1ccc(Cl)cc1F. The fourth-order valence-corrected chi connectivity index (χ4v) is 1.94. The van der Waals surface area contributed by atoms with Gasteiger partial charge in [-0.1, -0.05) is 17.7 Å². The number of rotatable bonds is 3. The first-order chi connectivity index (χ1) is 10.6. The zero-order valence-electron chi connectivity index (χ0n) is 11.0. The van der Waals surface area contributed by atoms with Crippen molar-refractivity contribution < 1.29 is 9.18 Å². The van der Waals surface area contributed by atoms with Gasteiger partial charge in [0.05, 0.1) is 5.56 Å². The van der Waals surface area contributed by atoms with E-state index in [2.05, 4.69) is 25.5 Å². The van der Waals surface area contributed by atoms with Crippen LogP contribution in [0.25, 0.3) is 11.5 Å². The lowest BCUT2D eigenvalue weighted by molar-refractivity contribution is 0.102. The van der Waals surface area contributed by atoms with Crippen LogP contribution in [0.2, 0.25) is 5.02 Å². The monoisotopic (exact) mass is 317 g/mol. The molecule has 0 aliphatic heterocycles. The average molecular weight is 318 g/mol. The van der Waals surface area contributed by atoms with Gasteiger partial charge < -0.3 is 0 Å². The van der Waals surface area contributed by atoms with Gasteiger partial charge in [-0.15, -0.1) is 5.10 Å². The summed E-state index contributed by atoms with van der Waals surface area (Å²) >= 11 is 5.64. The van der Waals surface area contributed by atoms with Crippen LogP contribution in [0.3, 0.4) is 0 Å². The number of carbonyl (C=O) groups is 1. The molecule has 0 bridgehead atoms. The Kier molecular flexibility index (Phi) is 3.80. The molecule has 0 fully saturated rings. The molecule has 2 heterocycles. The second-order valence-corrected chi connectivity index (χ2v) is 4.74. The molecular weight excluding hydrogens is 309 g/mol. The van der Waals surface area contributed by atoms with Crippen LogP contribution in [-0.4, -0.2) is 26.1 Å². The summed E-state index contributed by atoms with van der Waals surface area (Å²) in [5, 5.41) is 9.12. The molecule has 0 unspecified atom stereocenters. The molecule has 0 aliphatic carbocycles. The van der Waals surface area contributed by atoms with Crippen LogP contribution in [0, 0.1) is 5.82 Å². The maximum Gasteiger partial charge on any atom is 0.261 e. The number of aromatic amines is 1. The molecule has 110 valence electrons. The Morgan fingerprint density at radius 2 is 2.14 bits per heavy atom. The molecule has 0 atom stereocenters. The van der Waals surface area contributed by atoms with Crippen LogP contribution >= 0.6 is 11.6 Å². The first-order valence-corrected chi connectivity index (χ1v) is 6.61. The first kappa shape index (κ1) is 14.2. The molecule has 0 saturated carbocycles. The number of nitrogens with zero attached hydrogens (tertiary/aromatic N) is 3. The minimum Gasteiger partial charge on any atom is -0.289 e. The van der Waals surface area contributed by atoms with E-state index >= 15 is 0 Å². The number of amides is 1. The van der Waals surface area contributed by atoms with Crippen LogP contribution in [0.15, 0.2) is 42.6 Å². The van der Waals surface area contributed by atoms with E-state index in [0.29, 0.717) is 11.5 Å². The Labute approximate surface area is 129 Å². The second kappa shape index (κ2) is 5.90. The highest BCUT2D eigenvalue weighted by Crippen LogP contribution is 2.16. The van der Waals surface area contributed by atoms with Crippen molar-refractivity contribution in [1.82, 2.24) is 20.2 Å². The zero-order valence-corrected chi connectivity index (χ0v) is 11.8. The van der Waals surface area contributed by atoms with Crippen molar-refractivity contribution in [1.29, 1.82) is 0 Å². The van der Waals surface area contributed by atoms with Crippen LogP contribution in [-0.2, 0) is 0 Å². The minimum atomic E-state index is -0.717. The van der Waals surface area contributed by atoms with E-state index < -0.39 is 11.7 Å². The molecular formula is C14H9ClFN5O. The predicted octanol–water partition coefficient (Wildman–Crippen LogP) is 2.91. The Bertz CT molecular complexity index is 821. The van der Waals surface area contributed by atoms with Gasteiger partial charge in [0.15, 0.2) is 5.82 Å². The van der Waals surface area contributed by atoms with E-state index in [9.17, 15) is 9.18 Å². The summed E-state index contributed by atoms with van der Waals surface area (Å²) in [7, 11) is 0. The Balaban J connectivity index is 1.79. The molecule has 6 nitrogen and oxygen atoms in total. The Hall–Kier alpha value is -2.80. The molecule has 0 saturated heterocycles. The fourth-order valence-electron chi connectivity index (χ4n) is 1.78. The van der Waals surface area contributed by atoms with Gasteiger partial charge in [0.1, 0.15) is 11.5 Å². The van der Waals surface area contributed by atoms with E-state index in [1.807, 2.05) is 0 Å². The van der Waals surface area contributed by atoms with Gasteiger partial charge in [-0.05, 0) is 30.3 Å². The number of hydrogen-bond acceptors (Lipinski definition) is 4. The molecule has 3 rings (SSSR count). The van der Waals surface area contributed by atoms with Crippen molar-refractivity contribution in [2.24, 2.45) is 0 Å². The molecule has 3 aromatic rings. The van der Waals surface area contributed by atoms with Crippen LogP contribution in [0.1, 0.15) is 10.4 Å². The fraction of sp³-hybridized carbons (Fsp3) is 0. The van der Waals surface area contributed by atoms with E-state index in [-0.39, 0.29) is 16.5 Å². The van der Waals surface area contributed by atoms with Gasteiger partial charge in [-0.2, -0.15) is 4.98 Å². The molecule has 2 aromatic heterocycles. The van der Waals surface area contributed by atoms with Crippen LogP contribution in [0.5, 0.6) is 0 Å². The van der Waals surface area contributed by atoms with E-state index in [4.69, 9.17) is 11.6 Å². The van der Waals surface area contributed by atoms with Crippen LogP contribution < -0.4 is 5.32 Å². The summed E-state index contributed by atoms with van der Waals surface area (Å²) in [6.45, 7) is 0. The van der Waals surface area contributed by atoms with Gasteiger partial charge in [0, 0.05) is 11.2 Å². The van der Waals surface area contributed by atoms with Gasteiger partial charge >= 0.3 is 0 Å². The van der Waals surface area contributed by atoms with Gasteiger partial charge in [-0.3, -0.25) is 20.2 Å². The summed E-state index contributed by atoms with van der Waals surface area (Å²) in [6.07, 6.45) is 1.61. The third kappa shape index (κ3) is 2.94. The Morgan fingerprint density at radius 3 is 2.86 bits per heavy atom. The summed E-state index contributed by atoms with van der Waals surface area (Å²) in [5.74, 6) is -0.960. The highest BCUT2D eigenvalue weighted by atomic mass is 35.5. The van der Waals surface area contributed by atoms with E-state index in [1.165, 1.54) is 12.1 Å². The summed E-state index contributed by atoms with van der Waals surface area (Å²) in [5.41, 5.74) is 0.432. The number of carbonyl (C=O) groups excluding carboxylic acids is 1. The number of aromatic nitrogens is 4. The maximum atomic E-state index is 13.7. The molecule has 8 heteroatoms. The topological polar surface area (TPSA) is 83.6 Å². The average Bonchev–Trinajstić information content (AvgIpc) is 2.96. The molecule has 22 heavy (non-hydrogen) atoms. The summed E-state index contributed by atoms with van der Waals surface area (Å²) < 4.78 is 13.7. The quantitative estimate of drug-likeness (QED) is 0.778. The normalized spacial score (nSPS) is 10.5. The van der Waals surface area contributed by atoms with Gasteiger partial charge in [0.25, 0.3) is 5.91 Å². The smallest absolute Gasteiger partial charge is 0.261 e. The Morgan fingerprint density at radius 1 is 1.27 bits per heavy atom. The minimum absolute atomic E-state index is 0.0278. The zero-order chi connectivity index (χ0) is 15.5. The molecule has 1 aromatic carbocycles. The third-order valence-corrected chi connectivity index (χ3v) is 3.03. The molecule has 0 aliphatic rings. The largest absolute Gasteiger partial charge is 0.289 e. The molecule has 1 amide bonds. The van der Waals surface area contributed by atoms with Crippen molar-refractivity contribution >= 4 is 23.5 Å². The number of halogens is 2. The summed E-state index contributed by atoms with van der Waals surface area (Å²) in [4.78, 5) is 20.2. The van der Waals surface area contributed by atoms with Crippen molar-refractivity contribution in [3.63, 3.8) is 0 Å². The number of H-pyrrole nitrogens is 1. The first-order valence-electron chi connectivity index (χ1n) is 6.24. The van der Waals surface area contributed by atoms with E-state index in [1.54, 1.807) is 24.4 Å². The molecule has 0 spiro atoms. The highest BCUT2D eigenvalue weighted by molar-refractivity contribution is 6.30. The van der Waals surface area contributed by atoms with Crippen molar-refractivity contribution in [2.75, 3.05) is 5.32 Å². The van der Waals surface area contributed by atoms with Crippen molar-refractivity contribution in [3.05, 3.63) is 59.0 Å². The van der Waals surface area contributed by atoms with Crippen LogP contribution in [0.4, 0.5) is 10.3 Å².